The van der Waals surface area contributed by atoms with Gasteiger partial charge in [0, 0.05) is 13.0 Å². The normalized spacial score (nSPS) is 12.2. The number of hydrogen-bond donors (Lipinski definition) is 3. The van der Waals surface area contributed by atoms with Gasteiger partial charge in [0.1, 0.15) is 0 Å². The quantitative estimate of drug-likeness (QED) is 0.457. The number of nitrogens with one attached hydrogen (secondary N) is 1. The maximum Gasteiger partial charge on any atom is 0.236 e. The molecule has 64 valence electrons. The van der Waals surface area contributed by atoms with E-state index in [1.54, 1.807) is 6.92 Å². The lowest BCUT2D eigenvalue weighted by Gasteiger charge is -2.05. The standard InChI is InChI=1S/C6H13N3O2/c1-4(7)6(11)9-3-2-5(8)10/h4H,2-3,7H2,1H3,(H2,8,10)(H,9,11)/t4-/m0/s1. The van der Waals surface area contributed by atoms with E-state index >= 15 is 0 Å². The summed E-state index contributed by atoms with van der Waals surface area (Å²) in [5.74, 6) is -0.707. The number of rotatable bonds is 4. The van der Waals surface area contributed by atoms with Gasteiger partial charge in [-0.15, -0.1) is 0 Å². The predicted molar refractivity (Wildman–Crippen MR) is 40.5 cm³/mol. The molecule has 5 nitrogen and oxygen atoms in total. The number of primary amides is 1. The van der Waals surface area contributed by atoms with Crippen molar-refractivity contribution in [2.24, 2.45) is 11.5 Å². The average Bonchev–Trinajstić information content (AvgIpc) is 1.86. The Morgan fingerprint density at radius 2 is 2.09 bits per heavy atom. The lowest BCUT2D eigenvalue weighted by Crippen LogP contribution is -2.39. The van der Waals surface area contributed by atoms with Crippen LogP contribution >= 0.6 is 0 Å². The first-order chi connectivity index (χ1) is 5.04. The van der Waals surface area contributed by atoms with Gasteiger partial charge in [0.25, 0.3) is 0 Å². The zero-order valence-electron chi connectivity index (χ0n) is 6.46. The van der Waals surface area contributed by atoms with Crippen LogP contribution in [0.2, 0.25) is 0 Å². The fourth-order valence-corrected chi connectivity index (χ4v) is 0.470. The summed E-state index contributed by atoms with van der Waals surface area (Å²) in [6.07, 6.45) is 0.151. The summed E-state index contributed by atoms with van der Waals surface area (Å²) in [4.78, 5) is 20.9. The third-order valence-electron chi connectivity index (χ3n) is 1.08. The van der Waals surface area contributed by atoms with Crippen LogP contribution in [0.3, 0.4) is 0 Å². The Bertz CT molecular complexity index is 156. The van der Waals surface area contributed by atoms with Crippen molar-refractivity contribution < 1.29 is 9.59 Å². The minimum Gasteiger partial charge on any atom is -0.370 e. The second-order valence-corrected chi connectivity index (χ2v) is 2.30. The van der Waals surface area contributed by atoms with E-state index in [4.69, 9.17) is 11.5 Å². The second kappa shape index (κ2) is 4.68. The van der Waals surface area contributed by atoms with Crippen molar-refractivity contribution in [1.29, 1.82) is 0 Å². The molecule has 0 aromatic carbocycles. The molecule has 11 heavy (non-hydrogen) atoms. The van der Waals surface area contributed by atoms with Crippen LogP contribution in [0.25, 0.3) is 0 Å². The Balaban J connectivity index is 3.39. The summed E-state index contributed by atoms with van der Waals surface area (Å²) < 4.78 is 0. The summed E-state index contributed by atoms with van der Waals surface area (Å²) in [6.45, 7) is 1.83. The van der Waals surface area contributed by atoms with E-state index in [0.29, 0.717) is 0 Å². The molecule has 2 amide bonds. The van der Waals surface area contributed by atoms with Crippen LogP contribution in [0.5, 0.6) is 0 Å². The highest BCUT2D eigenvalue weighted by atomic mass is 16.2. The first kappa shape index (κ1) is 9.90. The molecule has 0 saturated carbocycles. The van der Waals surface area contributed by atoms with Crippen molar-refractivity contribution in [3.63, 3.8) is 0 Å². The molecule has 0 radical (unpaired) electrons. The molecule has 0 rings (SSSR count). The highest BCUT2D eigenvalue weighted by Gasteiger charge is 2.05. The summed E-state index contributed by atoms with van der Waals surface area (Å²) in [5, 5.41) is 2.45. The molecule has 0 aliphatic heterocycles. The highest BCUT2D eigenvalue weighted by Crippen LogP contribution is 1.77. The van der Waals surface area contributed by atoms with E-state index in [0.717, 1.165) is 0 Å². The molecule has 0 spiro atoms. The van der Waals surface area contributed by atoms with Gasteiger partial charge in [0.2, 0.25) is 11.8 Å². The largest absolute Gasteiger partial charge is 0.370 e. The van der Waals surface area contributed by atoms with Crippen molar-refractivity contribution in [3.05, 3.63) is 0 Å². The van der Waals surface area contributed by atoms with Crippen molar-refractivity contribution in [3.8, 4) is 0 Å². The maximum absolute atomic E-state index is 10.7. The maximum atomic E-state index is 10.7. The molecular weight excluding hydrogens is 146 g/mol. The van der Waals surface area contributed by atoms with Crippen molar-refractivity contribution in [1.82, 2.24) is 5.32 Å². The summed E-state index contributed by atoms with van der Waals surface area (Å²) >= 11 is 0. The zero-order chi connectivity index (χ0) is 8.85. The predicted octanol–water partition coefficient (Wildman–Crippen LogP) is -1.67. The SMILES string of the molecule is C[C@H](N)C(=O)NCCC(N)=O. The first-order valence-electron chi connectivity index (χ1n) is 3.35. The van der Waals surface area contributed by atoms with Gasteiger partial charge < -0.3 is 16.8 Å². The van der Waals surface area contributed by atoms with Crippen LogP contribution in [0, 0.1) is 0 Å². The minimum absolute atomic E-state index is 0.151. The molecule has 5 heteroatoms. The van der Waals surface area contributed by atoms with E-state index < -0.39 is 11.9 Å². The summed E-state index contributed by atoms with van der Waals surface area (Å²) in [5.41, 5.74) is 10.1. The zero-order valence-corrected chi connectivity index (χ0v) is 6.46. The van der Waals surface area contributed by atoms with Crippen molar-refractivity contribution in [2.75, 3.05) is 6.54 Å². The van der Waals surface area contributed by atoms with Crippen LogP contribution in [-0.2, 0) is 9.59 Å². The minimum atomic E-state index is -0.539. The third-order valence-corrected chi connectivity index (χ3v) is 1.08. The van der Waals surface area contributed by atoms with Gasteiger partial charge in [0.05, 0.1) is 6.04 Å². The van der Waals surface area contributed by atoms with Crippen molar-refractivity contribution in [2.45, 2.75) is 19.4 Å². The Morgan fingerprint density at radius 3 is 2.45 bits per heavy atom. The van der Waals surface area contributed by atoms with E-state index in [1.807, 2.05) is 0 Å². The van der Waals surface area contributed by atoms with Crippen molar-refractivity contribution >= 4 is 11.8 Å². The number of hydrogen-bond acceptors (Lipinski definition) is 3. The number of carbonyl (C=O) groups is 2. The van der Waals surface area contributed by atoms with Crippen LogP contribution < -0.4 is 16.8 Å². The Kier molecular flexibility index (Phi) is 4.21. The van der Waals surface area contributed by atoms with Gasteiger partial charge in [-0.25, -0.2) is 0 Å². The van der Waals surface area contributed by atoms with Crippen LogP contribution in [0.1, 0.15) is 13.3 Å². The molecule has 0 heterocycles. The Hall–Kier alpha value is -1.10. The lowest BCUT2D eigenvalue weighted by atomic mass is 10.3. The summed E-state index contributed by atoms with van der Waals surface area (Å²) in [7, 11) is 0. The topological polar surface area (TPSA) is 98.2 Å². The third kappa shape index (κ3) is 5.35. The summed E-state index contributed by atoms with van der Waals surface area (Å²) in [6, 6.07) is -0.539. The highest BCUT2D eigenvalue weighted by molar-refractivity contribution is 5.81. The van der Waals surface area contributed by atoms with Gasteiger partial charge in [0.15, 0.2) is 0 Å². The molecule has 0 fully saturated rings. The number of amides is 2. The van der Waals surface area contributed by atoms with Gasteiger partial charge in [-0.3, -0.25) is 9.59 Å². The molecule has 0 bridgehead atoms. The number of nitrogens with two attached hydrogens (primary N) is 2. The van der Waals surface area contributed by atoms with Gasteiger partial charge >= 0.3 is 0 Å². The smallest absolute Gasteiger partial charge is 0.236 e. The van der Waals surface area contributed by atoms with Gasteiger partial charge in [-0.1, -0.05) is 0 Å². The molecule has 1 atom stereocenters. The first-order valence-corrected chi connectivity index (χ1v) is 3.35. The molecule has 0 aliphatic rings. The molecule has 0 aromatic heterocycles. The molecule has 0 saturated heterocycles. The molecule has 0 unspecified atom stereocenters. The van der Waals surface area contributed by atoms with Crippen LogP contribution in [0.15, 0.2) is 0 Å². The fourth-order valence-electron chi connectivity index (χ4n) is 0.470. The van der Waals surface area contributed by atoms with Gasteiger partial charge in [-0.05, 0) is 6.92 Å². The van der Waals surface area contributed by atoms with E-state index in [9.17, 15) is 9.59 Å². The molecular formula is C6H13N3O2. The van der Waals surface area contributed by atoms with E-state index in [2.05, 4.69) is 5.32 Å². The Labute approximate surface area is 65.1 Å². The lowest BCUT2D eigenvalue weighted by molar-refractivity contribution is -0.122. The second-order valence-electron chi connectivity index (χ2n) is 2.30. The Morgan fingerprint density at radius 1 is 1.55 bits per heavy atom. The van der Waals surface area contributed by atoms with E-state index in [-0.39, 0.29) is 18.9 Å². The molecule has 0 aliphatic carbocycles. The molecule has 0 aromatic rings. The average molecular weight is 159 g/mol. The monoisotopic (exact) mass is 159 g/mol. The number of carbonyl (C=O) groups excluding carboxylic acids is 2. The molecule has 5 N–H and O–H groups in total. The van der Waals surface area contributed by atoms with Crippen LogP contribution in [0.4, 0.5) is 0 Å². The fraction of sp³-hybridized carbons (Fsp3) is 0.667. The van der Waals surface area contributed by atoms with Gasteiger partial charge in [-0.2, -0.15) is 0 Å². The van der Waals surface area contributed by atoms with E-state index in [1.165, 1.54) is 0 Å². The van der Waals surface area contributed by atoms with Crippen LogP contribution in [-0.4, -0.2) is 24.4 Å².